The van der Waals surface area contributed by atoms with Crippen LogP contribution in [0.2, 0.25) is 0 Å². The summed E-state index contributed by atoms with van der Waals surface area (Å²) in [6.45, 7) is 3.74. The number of nitrogens with zero attached hydrogens (tertiary/aromatic N) is 1. The van der Waals surface area contributed by atoms with E-state index in [2.05, 4.69) is 5.32 Å². The standard InChI is InChI=1S/C17H24F2N2O4/c1-3-12-10-20-6-7-21(12)17(22)25-11-13-14(18)4-5-15(16(13)19)24-9-8-23-2/h4-5,12,20H,3,6-11H2,1-2H3/t12-/m1/s1. The molecule has 6 nitrogen and oxygen atoms in total. The molecule has 0 aliphatic carbocycles. The lowest BCUT2D eigenvalue weighted by Crippen LogP contribution is -2.53. The molecular weight excluding hydrogens is 334 g/mol. The maximum atomic E-state index is 14.4. The number of ether oxygens (including phenoxy) is 3. The van der Waals surface area contributed by atoms with Gasteiger partial charge in [-0.05, 0) is 18.6 Å². The molecule has 1 aliphatic heterocycles. The molecule has 0 aromatic heterocycles. The van der Waals surface area contributed by atoms with E-state index in [4.69, 9.17) is 14.2 Å². The number of carbonyl (C=O) groups excluding carboxylic acids is 1. The summed E-state index contributed by atoms with van der Waals surface area (Å²) >= 11 is 0. The molecule has 1 N–H and O–H groups in total. The lowest BCUT2D eigenvalue weighted by molar-refractivity contribution is 0.0696. The molecule has 0 saturated carbocycles. The van der Waals surface area contributed by atoms with Crippen molar-refractivity contribution >= 4 is 6.09 Å². The van der Waals surface area contributed by atoms with Gasteiger partial charge in [-0.15, -0.1) is 0 Å². The average molecular weight is 358 g/mol. The Hall–Kier alpha value is -1.93. The quantitative estimate of drug-likeness (QED) is 0.758. The van der Waals surface area contributed by atoms with Gasteiger partial charge in [0.2, 0.25) is 0 Å². The Balaban J connectivity index is 2.01. The van der Waals surface area contributed by atoms with E-state index >= 15 is 0 Å². The number of amides is 1. The predicted molar refractivity (Wildman–Crippen MR) is 87.6 cm³/mol. The highest BCUT2D eigenvalue weighted by atomic mass is 19.1. The number of methoxy groups -OCH3 is 1. The topological polar surface area (TPSA) is 60.0 Å². The smallest absolute Gasteiger partial charge is 0.410 e. The summed E-state index contributed by atoms with van der Waals surface area (Å²) in [6.07, 6.45) is 0.200. The molecule has 1 aromatic rings. The van der Waals surface area contributed by atoms with E-state index in [1.54, 1.807) is 4.90 Å². The Morgan fingerprint density at radius 2 is 2.16 bits per heavy atom. The second-order valence-electron chi connectivity index (χ2n) is 5.69. The van der Waals surface area contributed by atoms with E-state index in [-0.39, 0.29) is 30.6 Å². The molecule has 1 amide bonds. The summed E-state index contributed by atoms with van der Waals surface area (Å²) in [7, 11) is 1.49. The summed E-state index contributed by atoms with van der Waals surface area (Å²) in [4.78, 5) is 13.8. The minimum Gasteiger partial charge on any atom is -0.488 e. The molecular formula is C17H24F2N2O4. The molecule has 1 atom stereocenters. The lowest BCUT2D eigenvalue weighted by atomic mass is 10.1. The molecule has 1 heterocycles. The van der Waals surface area contributed by atoms with Crippen LogP contribution >= 0.6 is 0 Å². The average Bonchev–Trinajstić information content (AvgIpc) is 2.63. The zero-order chi connectivity index (χ0) is 18.2. The van der Waals surface area contributed by atoms with Crippen LogP contribution in [0.15, 0.2) is 12.1 Å². The van der Waals surface area contributed by atoms with Gasteiger partial charge in [0.1, 0.15) is 19.0 Å². The van der Waals surface area contributed by atoms with Crippen LogP contribution < -0.4 is 10.1 Å². The maximum absolute atomic E-state index is 14.4. The van der Waals surface area contributed by atoms with Gasteiger partial charge >= 0.3 is 6.09 Å². The first-order valence-corrected chi connectivity index (χ1v) is 8.31. The normalized spacial score (nSPS) is 17.4. The van der Waals surface area contributed by atoms with Crippen molar-refractivity contribution < 1.29 is 27.8 Å². The van der Waals surface area contributed by atoms with E-state index in [9.17, 15) is 13.6 Å². The van der Waals surface area contributed by atoms with Crippen molar-refractivity contribution in [3.05, 3.63) is 29.3 Å². The molecule has 1 aromatic carbocycles. The van der Waals surface area contributed by atoms with Crippen molar-refractivity contribution in [3.8, 4) is 5.75 Å². The van der Waals surface area contributed by atoms with Gasteiger partial charge < -0.3 is 24.4 Å². The largest absolute Gasteiger partial charge is 0.488 e. The van der Waals surface area contributed by atoms with Gasteiger partial charge in [0.15, 0.2) is 11.6 Å². The van der Waals surface area contributed by atoms with Crippen molar-refractivity contribution in [2.24, 2.45) is 0 Å². The fourth-order valence-electron chi connectivity index (χ4n) is 2.64. The fourth-order valence-corrected chi connectivity index (χ4v) is 2.64. The molecule has 140 valence electrons. The van der Waals surface area contributed by atoms with Crippen molar-refractivity contribution in [2.45, 2.75) is 26.0 Å². The number of rotatable bonds is 7. The highest BCUT2D eigenvalue weighted by Gasteiger charge is 2.27. The molecule has 0 radical (unpaired) electrons. The van der Waals surface area contributed by atoms with Gasteiger partial charge in [0.05, 0.1) is 12.2 Å². The monoisotopic (exact) mass is 358 g/mol. The van der Waals surface area contributed by atoms with Crippen LogP contribution in [-0.4, -0.2) is 57.0 Å². The summed E-state index contributed by atoms with van der Waals surface area (Å²) < 4.78 is 43.5. The molecule has 2 rings (SSSR count). The van der Waals surface area contributed by atoms with Crippen LogP contribution in [0, 0.1) is 11.6 Å². The second kappa shape index (κ2) is 9.53. The van der Waals surface area contributed by atoms with Gasteiger partial charge in [0.25, 0.3) is 0 Å². The van der Waals surface area contributed by atoms with Crippen LogP contribution in [0.5, 0.6) is 5.75 Å². The van der Waals surface area contributed by atoms with Crippen LogP contribution in [0.25, 0.3) is 0 Å². The van der Waals surface area contributed by atoms with E-state index < -0.39 is 24.3 Å². The number of halogens is 2. The number of hydrogen-bond acceptors (Lipinski definition) is 5. The molecule has 1 fully saturated rings. The Morgan fingerprint density at radius 1 is 1.36 bits per heavy atom. The number of nitrogens with one attached hydrogen (secondary N) is 1. The zero-order valence-electron chi connectivity index (χ0n) is 14.5. The van der Waals surface area contributed by atoms with Gasteiger partial charge in [0, 0.05) is 32.8 Å². The first-order chi connectivity index (χ1) is 12.1. The van der Waals surface area contributed by atoms with Crippen LogP contribution in [0.1, 0.15) is 18.9 Å². The maximum Gasteiger partial charge on any atom is 0.410 e. The van der Waals surface area contributed by atoms with E-state index in [1.807, 2.05) is 6.92 Å². The van der Waals surface area contributed by atoms with Gasteiger partial charge in [-0.3, -0.25) is 0 Å². The molecule has 0 bridgehead atoms. The third-order valence-corrected chi connectivity index (χ3v) is 4.09. The molecule has 0 unspecified atom stereocenters. The molecule has 1 aliphatic rings. The number of hydrogen-bond donors (Lipinski definition) is 1. The van der Waals surface area contributed by atoms with Gasteiger partial charge in [-0.2, -0.15) is 0 Å². The number of piperazine rings is 1. The van der Waals surface area contributed by atoms with Crippen LogP contribution in [0.4, 0.5) is 13.6 Å². The molecule has 8 heteroatoms. The Morgan fingerprint density at radius 3 is 2.88 bits per heavy atom. The Labute approximate surface area is 146 Å². The minimum absolute atomic E-state index is 0.0136. The predicted octanol–water partition coefficient (Wildman–Crippen LogP) is 2.31. The van der Waals surface area contributed by atoms with Crippen LogP contribution in [-0.2, 0) is 16.1 Å². The Kier molecular flexibility index (Phi) is 7.39. The molecule has 1 saturated heterocycles. The van der Waals surface area contributed by atoms with Crippen molar-refractivity contribution in [1.82, 2.24) is 10.2 Å². The third kappa shape index (κ3) is 5.02. The van der Waals surface area contributed by atoms with Gasteiger partial charge in [-0.25, -0.2) is 13.6 Å². The molecule has 0 spiro atoms. The summed E-state index contributed by atoms with van der Waals surface area (Å²) in [5.41, 5.74) is -0.327. The van der Waals surface area contributed by atoms with E-state index in [0.717, 1.165) is 12.5 Å². The summed E-state index contributed by atoms with van der Waals surface area (Å²) in [5.74, 6) is -1.74. The number of carbonyl (C=O) groups is 1. The zero-order valence-corrected chi connectivity index (χ0v) is 14.5. The first kappa shape index (κ1) is 19.4. The summed E-state index contributed by atoms with van der Waals surface area (Å²) in [6, 6.07) is 2.31. The van der Waals surface area contributed by atoms with Crippen molar-refractivity contribution in [1.29, 1.82) is 0 Å². The van der Waals surface area contributed by atoms with E-state index in [1.165, 1.54) is 13.2 Å². The lowest BCUT2D eigenvalue weighted by Gasteiger charge is -2.34. The minimum atomic E-state index is -0.865. The van der Waals surface area contributed by atoms with Gasteiger partial charge in [-0.1, -0.05) is 6.92 Å². The highest BCUT2D eigenvalue weighted by Crippen LogP contribution is 2.24. The van der Waals surface area contributed by atoms with Crippen LogP contribution in [0.3, 0.4) is 0 Å². The number of benzene rings is 1. The SMILES string of the molecule is CC[C@@H]1CNCCN1C(=O)OCc1c(F)ccc(OCCOC)c1F. The Bertz CT molecular complexity index is 586. The fraction of sp³-hybridized carbons (Fsp3) is 0.588. The first-order valence-electron chi connectivity index (χ1n) is 8.31. The highest BCUT2D eigenvalue weighted by molar-refractivity contribution is 5.68. The second-order valence-corrected chi connectivity index (χ2v) is 5.69. The van der Waals surface area contributed by atoms with Crippen molar-refractivity contribution in [2.75, 3.05) is 40.0 Å². The van der Waals surface area contributed by atoms with Crippen molar-refractivity contribution in [3.63, 3.8) is 0 Å². The third-order valence-electron chi connectivity index (χ3n) is 4.09. The summed E-state index contributed by atoms with van der Waals surface area (Å²) in [5, 5.41) is 3.20. The molecule has 25 heavy (non-hydrogen) atoms. The van der Waals surface area contributed by atoms with E-state index in [0.29, 0.717) is 19.6 Å².